The van der Waals surface area contributed by atoms with Gasteiger partial charge in [-0.2, -0.15) is 0 Å². The summed E-state index contributed by atoms with van der Waals surface area (Å²) in [7, 11) is 0. The Balaban J connectivity index is 0.000000109. The van der Waals surface area contributed by atoms with Gasteiger partial charge in [-0.15, -0.1) is 35.3 Å². The number of thioether (sulfide) groups is 3. The normalized spacial score (nSPS) is 31.2. The standard InChI is InChI=1S/C7H13NO2.C7H13NOS.C7H13NS2/c3*1-3-8-4-2-7(1)9-5-6-10-7/h3*8H,1-6H2. The number of hydrogen-bond acceptors (Lipinski definition) is 9. The summed E-state index contributed by atoms with van der Waals surface area (Å²) >= 11 is 6.38. The van der Waals surface area contributed by atoms with E-state index in [4.69, 9.17) is 14.2 Å². The molecule has 6 rings (SSSR count). The summed E-state index contributed by atoms with van der Waals surface area (Å²) in [5.74, 6) is 3.76. The molecule has 3 N–H and O–H groups in total. The van der Waals surface area contributed by atoms with Crippen LogP contribution in [0.25, 0.3) is 0 Å². The van der Waals surface area contributed by atoms with E-state index in [9.17, 15) is 0 Å². The minimum atomic E-state index is -0.189. The Hall–Kier alpha value is 0.810. The molecule has 0 aromatic heterocycles. The van der Waals surface area contributed by atoms with E-state index in [0.29, 0.717) is 4.08 Å². The Morgan fingerprint density at radius 3 is 1.57 bits per heavy atom. The molecular weight excluding hydrogens is 438 g/mol. The second-order valence-electron chi connectivity index (χ2n) is 8.57. The molecule has 0 amide bonds. The van der Waals surface area contributed by atoms with Crippen LogP contribution in [0.15, 0.2) is 0 Å². The van der Waals surface area contributed by atoms with Gasteiger partial charge >= 0.3 is 0 Å². The Bertz CT molecular complexity index is 416. The summed E-state index contributed by atoms with van der Waals surface area (Å²) in [5, 5.41) is 10.0. The zero-order chi connectivity index (χ0) is 20.6. The van der Waals surface area contributed by atoms with E-state index in [1.54, 1.807) is 0 Å². The highest BCUT2D eigenvalue weighted by Crippen LogP contribution is 2.49. The average Bonchev–Trinajstić information content (AvgIpc) is 3.55. The Morgan fingerprint density at radius 2 is 1.03 bits per heavy atom. The molecule has 9 heteroatoms. The second kappa shape index (κ2) is 11.8. The zero-order valence-corrected chi connectivity index (χ0v) is 20.6. The Labute approximate surface area is 194 Å². The lowest BCUT2D eigenvalue weighted by molar-refractivity contribution is -0.172. The van der Waals surface area contributed by atoms with Gasteiger partial charge in [0.05, 0.1) is 23.9 Å². The molecular formula is C21H39N3O3S3. The predicted molar refractivity (Wildman–Crippen MR) is 130 cm³/mol. The number of nitrogens with one attached hydrogen (secondary N) is 3. The topological polar surface area (TPSA) is 63.8 Å². The van der Waals surface area contributed by atoms with Crippen molar-refractivity contribution < 1.29 is 14.2 Å². The Kier molecular flexibility index (Phi) is 9.41. The highest BCUT2D eigenvalue weighted by Gasteiger charge is 2.38. The molecule has 174 valence electrons. The lowest BCUT2D eigenvalue weighted by Crippen LogP contribution is -2.42. The fourth-order valence-electron chi connectivity index (χ4n) is 4.78. The van der Waals surface area contributed by atoms with Crippen LogP contribution in [-0.4, -0.2) is 91.1 Å². The number of rotatable bonds is 0. The summed E-state index contributed by atoms with van der Waals surface area (Å²) in [6, 6.07) is 0. The predicted octanol–water partition coefficient (Wildman–Crippen LogP) is 2.49. The van der Waals surface area contributed by atoms with Gasteiger partial charge in [-0.25, -0.2) is 0 Å². The third kappa shape index (κ3) is 6.67. The maximum Gasteiger partial charge on any atom is 0.170 e. The fraction of sp³-hybridized carbons (Fsp3) is 1.00. The van der Waals surface area contributed by atoms with Crippen molar-refractivity contribution in [3.8, 4) is 0 Å². The maximum absolute atomic E-state index is 5.70. The van der Waals surface area contributed by atoms with Crippen LogP contribution in [0.3, 0.4) is 0 Å². The smallest absolute Gasteiger partial charge is 0.170 e. The molecule has 0 saturated carbocycles. The molecule has 0 radical (unpaired) electrons. The van der Waals surface area contributed by atoms with Crippen LogP contribution in [0.4, 0.5) is 0 Å². The molecule has 0 unspecified atom stereocenters. The van der Waals surface area contributed by atoms with Crippen molar-refractivity contribution in [3.05, 3.63) is 0 Å². The molecule has 30 heavy (non-hydrogen) atoms. The molecule has 0 atom stereocenters. The highest BCUT2D eigenvalue weighted by molar-refractivity contribution is 8.21. The van der Waals surface area contributed by atoms with Crippen LogP contribution in [0.1, 0.15) is 38.5 Å². The number of hydrogen-bond donors (Lipinski definition) is 3. The molecule has 6 saturated heterocycles. The van der Waals surface area contributed by atoms with Crippen molar-refractivity contribution in [1.29, 1.82) is 0 Å². The summed E-state index contributed by atoms with van der Waals surface area (Å²) in [5.41, 5.74) is 0. The minimum Gasteiger partial charge on any atom is -0.363 e. The largest absolute Gasteiger partial charge is 0.363 e. The van der Waals surface area contributed by atoms with Gasteiger partial charge in [0, 0.05) is 43.2 Å². The monoisotopic (exact) mass is 477 g/mol. The van der Waals surface area contributed by atoms with Gasteiger partial charge in [0.15, 0.2) is 5.79 Å². The summed E-state index contributed by atoms with van der Waals surface area (Å²) in [6.07, 6.45) is 7.15. The molecule has 6 heterocycles. The molecule has 6 aliphatic heterocycles. The average molecular weight is 478 g/mol. The second-order valence-corrected chi connectivity index (χ2v) is 13.2. The van der Waals surface area contributed by atoms with E-state index >= 15 is 0 Å². The molecule has 6 nitrogen and oxygen atoms in total. The molecule has 6 fully saturated rings. The zero-order valence-electron chi connectivity index (χ0n) is 18.2. The SMILES string of the molecule is C1CC2(CCN1)OCCO2.C1CC2(CCN1)OCCS2.C1CC2(CCN1)SCCS2. The van der Waals surface area contributed by atoms with Crippen LogP contribution in [-0.2, 0) is 14.2 Å². The van der Waals surface area contributed by atoms with E-state index in [-0.39, 0.29) is 10.7 Å². The van der Waals surface area contributed by atoms with Crippen LogP contribution < -0.4 is 16.0 Å². The van der Waals surface area contributed by atoms with Gasteiger partial charge in [0.2, 0.25) is 0 Å². The molecule has 3 spiro atoms. The van der Waals surface area contributed by atoms with Crippen molar-refractivity contribution in [3.63, 3.8) is 0 Å². The van der Waals surface area contributed by atoms with E-state index in [1.165, 1.54) is 56.0 Å². The van der Waals surface area contributed by atoms with Crippen molar-refractivity contribution >= 4 is 35.3 Å². The molecule has 0 aliphatic carbocycles. The third-order valence-corrected chi connectivity index (χ3v) is 11.6. The van der Waals surface area contributed by atoms with Crippen molar-refractivity contribution in [2.45, 2.75) is 53.3 Å². The molecule has 6 aliphatic rings. The quantitative estimate of drug-likeness (QED) is 0.488. The summed E-state index contributed by atoms with van der Waals surface area (Å²) < 4.78 is 17.4. The van der Waals surface area contributed by atoms with Gasteiger partial charge in [-0.05, 0) is 51.9 Å². The van der Waals surface area contributed by atoms with Crippen molar-refractivity contribution in [2.24, 2.45) is 0 Å². The van der Waals surface area contributed by atoms with Gasteiger partial charge in [-0.1, -0.05) is 0 Å². The number of piperidine rings is 3. The molecule has 0 aromatic carbocycles. The van der Waals surface area contributed by atoms with E-state index in [0.717, 1.165) is 58.8 Å². The van der Waals surface area contributed by atoms with Crippen LogP contribution in [0.2, 0.25) is 0 Å². The highest BCUT2D eigenvalue weighted by atomic mass is 32.2. The molecule has 0 bridgehead atoms. The van der Waals surface area contributed by atoms with Crippen molar-refractivity contribution in [2.75, 3.05) is 76.3 Å². The first-order valence-corrected chi connectivity index (χ1v) is 14.7. The maximum atomic E-state index is 5.70. The van der Waals surface area contributed by atoms with Gasteiger partial charge < -0.3 is 30.2 Å². The molecule has 0 aromatic rings. The van der Waals surface area contributed by atoms with Crippen LogP contribution >= 0.6 is 35.3 Å². The minimum absolute atomic E-state index is 0.189. The first-order valence-electron chi connectivity index (χ1n) is 11.7. The lowest BCUT2D eigenvalue weighted by atomic mass is 10.1. The summed E-state index contributed by atoms with van der Waals surface area (Å²) in [4.78, 5) is 0.227. The van der Waals surface area contributed by atoms with E-state index in [2.05, 4.69) is 39.5 Å². The van der Waals surface area contributed by atoms with Gasteiger partial charge in [0.1, 0.15) is 4.93 Å². The fourth-order valence-corrected chi connectivity index (χ4v) is 9.21. The van der Waals surface area contributed by atoms with Crippen LogP contribution in [0.5, 0.6) is 0 Å². The van der Waals surface area contributed by atoms with Crippen LogP contribution in [0, 0.1) is 0 Å². The van der Waals surface area contributed by atoms with Gasteiger partial charge in [-0.3, -0.25) is 0 Å². The first-order chi connectivity index (χ1) is 14.7. The Morgan fingerprint density at radius 1 is 0.500 bits per heavy atom. The first kappa shape index (κ1) is 24.0. The van der Waals surface area contributed by atoms with E-state index in [1.807, 2.05) is 11.8 Å². The summed E-state index contributed by atoms with van der Waals surface area (Å²) in [6.45, 7) is 9.31. The number of ether oxygens (including phenoxy) is 3. The van der Waals surface area contributed by atoms with Gasteiger partial charge in [0.25, 0.3) is 0 Å². The van der Waals surface area contributed by atoms with E-state index < -0.39 is 0 Å². The van der Waals surface area contributed by atoms with Crippen molar-refractivity contribution in [1.82, 2.24) is 16.0 Å². The lowest BCUT2D eigenvalue weighted by Gasteiger charge is -2.31. The third-order valence-electron chi connectivity index (χ3n) is 6.54.